The number of nitrogens with zero attached hydrogens (tertiary/aromatic N) is 1. The van der Waals surface area contributed by atoms with E-state index in [1.165, 1.54) is 24.0 Å². The van der Waals surface area contributed by atoms with Crippen LogP contribution in [0, 0.1) is 6.92 Å². The molecule has 0 unspecified atom stereocenters. The summed E-state index contributed by atoms with van der Waals surface area (Å²) in [5.41, 5.74) is 4.02. The third-order valence-corrected chi connectivity index (χ3v) is 4.72. The van der Waals surface area contributed by atoms with Gasteiger partial charge in [-0.15, -0.1) is 0 Å². The lowest BCUT2D eigenvalue weighted by atomic mass is 10.0. The number of aromatic carboxylic acids is 1. The average Bonchev–Trinajstić information content (AvgIpc) is 3.18. The standard InChI is InChI=1S/C17H19NO2S/c1-12-8-14(17(19)20)2-3-15(12)10-18(16-4-5-16)9-13-6-7-21-11-13/h2-3,6-8,11,16H,4-5,9-10H2,1H3,(H,19,20). The van der Waals surface area contributed by atoms with E-state index in [4.69, 9.17) is 5.11 Å². The zero-order valence-corrected chi connectivity index (χ0v) is 12.9. The Morgan fingerprint density at radius 2 is 2.14 bits per heavy atom. The molecule has 0 spiro atoms. The maximum Gasteiger partial charge on any atom is 0.335 e. The van der Waals surface area contributed by atoms with Crippen LogP contribution in [0.25, 0.3) is 0 Å². The molecule has 4 heteroatoms. The van der Waals surface area contributed by atoms with Crippen LogP contribution in [-0.2, 0) is 13.1 Å². The van der Waals surface area contributed by atoms with Crippen LogP contribution in [0.2, 0.25) is 0 Å². The predicted octanol–water partition coefficient (Wildman–Crippen LogP) is 3.92. The van der Waals surface area contributed by atoms with Crippen LogP contribution in [0.4, 0.5) is 0 Å². The third-order valence-electron chi connectivity index (χ3n) is 3.99. The topological polar surface area (TPSA) is 40.5 Å². The van der Waals surface area contributed by atoms with Crippen LogP contribution in [0.3, 0.4) is 0 Å². The molecule has 1 aliphatic carbocycles. The van der Waals surface area contributed by atoms with Crippen molar-refractivity contribution < 1.29 is 9.90 Å². The second kappa shape index (κ2) is 6.00. The monoisotopic (exact) mass is 301 g/mol. The zero-order chi connectivity index (χ0) is 14.8. The fourth-order valence-electron chi connectivity index (χ4n) is 2.60. The van der Waals surface area contributed by atoms with Crippen molar-refractivity contribution >= 4 is 17.3 Å². The van der Waals surface area contributed by atoms with Gasteiger partial charge in [0.25, 0.3) is 0 Å². The second-order valence-electron chi connectivity index (χ2n) is 5.71. The van der Waals surface area contributed by atoms with Crippen molar-refractivity contribution in [3.05, 3.63) is 57.3 Å². The first kappa shape index (κ1) is 14.3. The summed E-state index contributed by atoms with van der Waals surface area (Å²) in [6.07, 6.45) is 2.55. The summed E-state index contributed by atoms with van der Waals surface area (Å²) in [7, 11) is 0. The molecule has 1 aromatic carbocycles. The van der Waals surface area contributed by atoms with Gasteiger partial charge >= 0.3 is 5.97 Å². The minimum atomic E-state index is -0.859. The number of thiophene rings is 1. The second-order valence-corrected chi connectivity index (χ2v) is 6.49. The first-order chi connectivity index (χ1) is 10.1. The van der Waals surface area contributed by atoms with Crippen molar-refractivity contribution in [2.45, 2.75) is 38.9 Å². The lowest BCUT2D eigenvalue weighted by Gasteiger charge is -2.22. The van der Waals surface area contributed by atoms with Crippen molar-refractivity contribution in [3.8, 4) is 0 Å². The number of hydrogen-bond acceptors (Lipinski definition) is 3. The fraction of sp³-hybridized carbons (Fsp3) is 0.353. The number of benzene rings is 1. The van der Waals surface area contributed by atoms with E-state index in [-0.39, 0.29) is 0 Å². The van der Waals surface area contributed by atoms with Crippen LogP contribution in [0.15, 0.2) is 35.0 Å². The molecule has 0 saturated heterocycles. The molecule has 3 rings (SSSR count). The first-order valence-electron chi connectivity index (χ1n) is 7.21. The van der Waals surface area contributed by atoms with Gasteiger partial charge < -0.3 is 5.11 Å². The minimum Gasteiger partial charge on any atom is -0.478 e. The van der Waals surface area contributed by atoms with Crippen LogP contribution in [0.5, 0.6) is 0 Å². The van der Waals surface area contributed by atoms with Gasteiger partial charge in [-0.1, -0.05) is 6.07 Å². The summed E-state index contributed by atoms with van der Waals surface area (Å²) in [4.78, 5) is 13.5. The Hall–Kier alpha value is -1.65. The highest BCUT2D eigenvalue weighted by atomic mass is 32.1. The molecule has 1 N–H and O–H groups in total. The highest BCUT2D eigenvalue weighted by molar-refractivity contribution is 7.07. The smallest absolute Gasteiger partial charge is 0.335 e. The van der Waals surface area contributed by atoms with Crippen molar-refractivity contribution in [1.82, 2.24) is 4.90 Å². The molecule has 1 aromatic heterocycles. The molecule has 1 heterocycles. The molecule has 1 saturated carbocycles. The Kier molecular flexibility index (Phi) is 4.08. The molecule has 0 atom stereocenters. The summed E-state index contributed by atoms with van der Waals surface area (Å²) in [5, 5.41) is 13.4. The Balaban J connectivity index is 1.75. The Labute approximate surface area is 128 Å². The molecule has 0 radical (unpaired) electrons. The van der Waals surface area contributed by atoms with Crippen molar-refractivity contribution in [1.29, 1.82) is 0 Å². The summed E-state index contributed by atoms with van der Waals surface area (Å²) in [5.74, 6) is -0.859. The van der Waals surface area contributed by atoms with Gasteiger partial charge in [0.2, 0.25) is 0 Å². The van der Waals surface area contributed by atoms with E-state index in [0.717, 1.165) is 18.7 Å². The molecule has 21 heavy (non-hydrogen) atoms. The molecule has 1 fully saturated rings. The van der Waals surface area contributed by atoms with Gasteiger partial charge in [-0.3, -0.25) is 4.90 Å². The predicted molar refractivity (Wildman–Crippen MR) is 84.7 cm³/mol. The number of carboxylic acid groups (broad SMARTS) is 1. The van der Waals surface area contributed by atoms with E-state index in [9.17, 15) is 4.79 Å². The normalized spacial score (nSPS) is 14.6. The SMILES string of the molecule is Cc1cc(C(=O)O)ccc1CN(Cc1ccsc1)C1CC1. The zero-order valence-electron chi connectivity index (χ0n) is 12.1. The number of carbonyl (C=O) groups is 1. The molecule has 3 nitrogen and oxygen atoms in total. The van der Waals surface area contributed by atoms with E-state index < -0.39 is 5.97 Å². The Morgan fingerprint density at radius 1 is 1.33 bits per heavy atom. The summed E-state index contributed by atoms with van der Waals surface area (Å²) in [6, 6.07) is 8.30. The van der Waals surface area contributed by atoms with Crippen LogP contribution < -0.4 is 0 Å². The van der Waals surface area contributed by atoms with Crippen molar-refractivity contribution in [2.75, 3.05) is 0 Å². The summed E-state index contributed by atoms with van der Waals surface area (Å²) >= 11 is 1.74. The van der Waals surface area contributed by atoms with Crippen LogP contribution in [-0.4, -0.2) is 22.0 Å². The molecule has 1 aliphatic rings. The van der Waals surface area contributed by atoms with E-state index in [1.807, 2.05) is 13.0 Å². The van der Waals surface area contributed by atoms with Gasteiger partial charge in [0, 0.05) is 19.1 Å². The minimum absolute atomic E-state index is 0.368. The molecular weight excluding hydrogens is 282 g/mol. The van der Waals surface area contributed by atoms with Gasteiger partial charge in [-0.2, -0.15) is 11.3 Å². The van der Waals surface area contributed by atoms with Crippen molar-refractivity contribution in [3.63, 3.8) is 0 Å². The van der Waals surface area contributed by atoms with E-state index in [2.05, 4.69) is 21.7 Å². The Morgan fingerprint density at radius 3 is 2.71 bits per heavy atom. The number of aryl methyl sites for hydroxylation is 1. The van der Waals surface area contributed by atoms with Crippen LogP contribution >= 0.6 is 11.3 Å². The van der Waals surface area contributed by atoms with E-state index in [0.29, 0.717) is 11.6 Å². The van der Waals surface area contributed by atoms with Gasteiger partial charge in [-0.05, 0) is 65.4 Å². The first-order valence-corrected chi connectivity index (χ1v) is 8.15. The number of rotatable bonds is 6. The number of hydrogen-bond donors (Lipinski definition) is 1. The molecular formula is C17H19NO2S. The van der Waals surface area contributed by atoms with E-state index in [1.54, 1.807) is 23.5 Å². The van der Waals surface area contributed by atoms with Gasteiger partial charge in [0.15, 0.2) is 0 Å². The maximum atomic E-state index is 11.0. The molecule has 0 amide bonds. The molecule has 0 bridgehead atoms. The fourth-order valence-corrected chi connectivity index (χ4v) is 3.26. The lowest BCUT2D eigenvalue weighted by Crippen LogP contribution is -2.25. The third kappa shape index (κ3) is 3.52. The van der Waals surface area contributed by atoms with Crippen molar-refractivity contribution in [2.24, 2.45) is 0 Å². The summed E-state index contributed by atoms with van der Waals surface area (Å²) < 4.78 is 0. The maximum absolute atomic E-state index is 11.0. The quantitative estimate of drug-likeness (QED) is 0.879. The molecule has 110 valence electrons. The average molecular weight is 301 g/mol. The van der Waals surface area contributed by atoms with Gasteiger partial charge in [-0.25, -0.2) is 4.79 Å². The lowest BCUT2D eigenvalue weighted by molar-refractivity contribution is 0.0696. The molecule has 0 aliphatic heterocycles. The largest absolute Gasteiger partial charge is 0.478 e. The molecule has 2 aromatic rings. The highest BCUT2D eigenvalue weighted by Gasteiger charge is 2.29. The van der Waals surface area contributed by atoms with Crippen LogP contribution in [0.1, 0.15) is 39.9 Å². The van der Waals surface area contributed by atoms with Gasteiger partial charge in [0.05, 0.1) is 5.56 Å². The summed E-state index contributed by atoms with van der Waals surface area (Å²) in [6.45, 7) is 3.87. The Bertz CT molecular complexity index is 632. The van der Waals surface area contributed by atoms with E-state index >= 15 is 0 Å². The number of carboxylic acids is 1. The highest BCUT2D eigenvalue weighted by Crippen LogP contribution is 2.30. The van der Waals surface area contributed by atoms with Gasteiger partial charge in [0.1, 0.15) is 0 Å².